The first-order valence-electron chi connectivity index (χ1n) is 8.66. The van der Waals surface area contributed by atoms with Crippen LogP contribution in [0.1, 0.15) is 43.6 Å². The third kappa shape index (κ3) is 6.09. The van der Waals surface area contributed by atoms with E-state index in [9.17, 15) is 18.0 Å². The van der Waals surface area contributed by atoms with Crippen molar-refractivity contribution in [3.63, 3.8) is 0 Å². The van der Waals surface area contributed by atoms with Gasteiger partial charge >= 0.3 is 0 Å². The zero-order chi connectivity index (χ0) is 21.1. The first-order chi connectivity index (χ1) is 12.8. The summed E-state index contributed by atoms with van der Waals surface area (Å²) in [6.45, 7) is 7.63. The fourth-order valence-electron chi connectivity index (χ4n) is 2.55. The Labute approximate surface area is 165 Å². The molecule has 0 atom stereocenters. The number of anilines is 3. The lowest BCUT2D eigenvalue weighted by molar-refractivity contribution is -0.114. The Bertz CT molecular complexity index is 991. The molecule has 7 nitrogen and oxygen atoms in total. The van der Waals surface area contributed by atoms with Gasteiger partial charge in [0.25, 0.3) is 5.91 Å². The van der Waals surface area contributed by atoms with Gasteiger partial charge in [0.15, 0.2) is 0 Å². The highest BCUT2D eigenvalue weighted by molar-refractivity contribution is 7.92. The molecule has 2 rings (SSSR count). The number of carbonyl (C=O) groups excluding carboxylic acids is 2. The van der Waals surface area contributed by atoms with Gasteiger partial charge in [-0.15, -0.1) is 0 Å². The van der Waals surface area contributed by atoms with Crippen molar-refractivity contribution in [1.29, 1.82) is 0 Å². The monoisotopic (exact) mass is 403 g/mol. The predicted molar refractivity (Wildman–Crippen MR) is 112 cm³/mol. The SMILES string of the molecule is CC(=O)Nc1ccc(NS(C)(=O)=O)c(C(=O)Nc2ccc(C(C)(C)C)cc2)c1. The van der Waals surface area contributed by atoms with Crippen LogP contribution in [-0.4, -0.2) is 26.5 Å². The zero-order valence-corrected chi connectivity index (χ0v) is 17.4. The average Bonchev–Trinajstić information content (AvgIpc) is 2.54. The van der Waals surface area contributed by atoms with Gasteiger partial charge in [-0.25, -0.2) is 8.42 Å². The average molecular weight is 404 g/mol. The zero-order valence-electron chi connectivity index (χ0n) is 16.6. The lowest BCUT2D eigenvalue weighted by Crippen LogP contribution is -2.18. The molecule has 0 aromatic heterocycles. The minimum absolute atomic E-state index is 0.0121. The highest BCUT2D eigenvalue weighted by atomic mass is 32.2. The molecule has 0 saturated carbocycles. The first-order valence-corrected chi connectivity index (χ1v) is 10.6. The third-order valence-electron chi connectivity index (χ3n) is 3.89. The second-order valence-electron chi connectivity index (χ2n) is 7.60. The molecule has 0 aliphatic carbocycles. The van der Waals surface area contributed by atoms with Gasteiger partial charge in [-0.05, 0) is 41.3 Å². The fourth-order valence-corrected chi connectivity index (χ4v) is 3.13. The molecule has 28 heavy (non-hydrogen) atoms. The summed E-state index contributed by atoms with van der Waals surface area (Å²) in [5.41, 5.74) is 2.30. The summed E-state index contributed by atoms with van der Waals surface area (Å²) in [4.78, 5) is 24.1. The van der Waals surface area contributed by atoms with Crippen molar-refractivity contribution in [2.45, 2.75) is 33.1 Å². The molecule has 0 bridgehead atoms. The topological polar surface area (TPSA) is 104 Å². The molecule has 0 aliphatic heterocycles. The van der Waals surface area contributed by atoms with Crippen LogP contribution in [-0.2, 0) is 20.2 Å². The lowest BCUT2D eigenvalue weighted by Gasteiger charge is -2.19. The number of hydrogen-bond donors (Lipinski definition) is 3. The minimum atomic E-state index is -3.58. The van der Waals surface area contributed by atoms with Crippen LogP contribution < -0.4 is 15.4 Å². The Morgan fingerprint density at radius 1 is 0.893 bits per heavy atom. The molecule has 2 amide bonds. The molecule has 0 spiro atoms. The van der Waals surface area contributed by atoms with E-state index in [4.69, 9.17) is 0 Å². The van der Waals surface area contributed by atoms with Gasteiger partial charge in [0, 0.05) is 18.3 Å². The maximum atomic E-state index is 12.8. The van der Waals surface area contributed by atoms with E-state index in [1.165, 1.54) is 25.1 Å². The molecule has 0 aliphatic rings. The standard InChI is InChI=1S/C20H25N3O4S/c1-13(24)21-16-10-11-18(23-28(5,26)27)17(12-16)19(25)22-15-8-6-14(7-9-15)20(2,3)4/h6-12,23H,1-5H3,(H,21,24)(H,22,25). The second-order valence-corrected chi connectivity index (χ2v) is 9.35. The van der Waals surface area contributed by atoms with Crippen LogP contribution in [0, 0.1) is 0 Å². The van der Waals surface area contributed by atoms with E-state index in [0.29, 0.717) is 11.4 Å². The second kappa shape index (κ2) is 8.02. The van der Waals surface area contributed by atoms with Gasteiger partial charge in [-0.3, -0.25) is 14.3 Å². The van der Waals surface area contributed by atoms with Crippen LogP contribution in [0.3, 0.4) is 0 Å². The van der Waals surface area contributed by atoms with Crippen molar-refractivity contribution in [2.75, 3.05) is 21.6 Å². The Morgan fingerprint density at radius 3 is 1.96 bits per heavy atom. The minimum Gasteiger partial charge on any atom is -0.326 e. The van der Waals surface area contributed by atoms with Crippen molar-refractivity contribution in [2.24, 2.45) is 0 Å². The normalized spacial score (nSPS) is 11.6. The maximum absolute atomic E-state index is 12.8. The summed E-state index contributed by atoms with van der Waals surface area (Å²) in [6.07, 6.45) is 1.00. The number of sulfonamides is 1. The van der Waals surface area contributed by atoms with Crippen LogP contribution in [0.15, 0.2) is 42.5 Å². The summed E-state index contributed by atoms with van der Waals surface area (Å²) >= 11 is 0. The molecular formula is C20H25N3O4S. The van der Waals surface area contributed by atoms with Gasteiger partial charge in [0.1, 0.15) is 0 Å². The third-order valence-corrected chi connectivity index (χ3v) is 4.48. The molecular weight excluding hydrogens is 378 g/mol. The number of amides is 2. The van der Waals surface area contributed by atoms with Crippen LogP contribution in [0.5, 0.6) is 0 Å². The van der Waals surface area contributed by atoms with Crippen LogP contribution in [0.2, 0.25) is 0 Å². The van der Waals surface area contributed by atoms with Crippen molar-refractivity contribution in [1.82, 2.24) is 0 Å². The van der Waals surface area contributed by atoms with Crippen molar-refractivity contribution in [3.8, 4) is 0 Å². The van der Waals surface area contributed by atoms with Crippen molar-refractivity contribution < 1.29 is 18.0 Å². The quantitative estimate of drug-likeness (QED) is 0.710. The van der Waals surface area contributed by atoms with E-state index in [1.54, 1.807) is 12.1 Å². The Balaban J connectivity index is 2.34. The molecule has 0 saturated heterocycles. The predicted octanol–water partition coefficient (Wildman–Crippen LogP) is 3.57. The van der Waals surface area contributed by atoms with Crippen LogP contribution in [0.25, 0.3) is 0 Å². The largest absolute Gasteiger partial charge is 0.326 e. The van der Waals surface area contributed by atoms with Gasteiger partial charge < -0.3 is 10.6 Å². The van der Waals surface area contributed by atoms with Gasteiger partial charge in [-0.1, -0.05) is 32.9 Å². The van der Waals surface area contributed by atoms with Crippen molar-refractivity contribution >= 4 is 38.9 Å². The van der Waals surface area contributed by atoms with Crippen LogP contribution in [0.4, 0.5) is 17.1 Å². The lowest BCUT2D eigenvalue weighted by atomic mass is 9.87. The highest BCUT2D eigenvalue weighted by Gasteiger charge is 2.17. The number of hydrogen-bond acceptors (Lipinski definition) is 4. The Morgan fingerprint density at radius 2 is 1.46 bits per heavy atom. The van der Waals surface area contributed by atoms with E-state index in [1.807, 2.05) is 12.1 Å². The fraction of sp³-hybridized carbons (Fsp3) is 0.300. The molecule has 0 radical (unpaired) electrons. The number of rotatable bonds is 5. The molecule has 2 aromatic carbocycles. The van der Waals surface area contributed by atoms with Crippen LogP contribution >= 0.6 is 0 Å². The number of carbonyl (C=O) groups is 2. The summed E-state index contributed by atoms with van der Waals surface area (Å²) in [5, 5.41) is 5.34. The smallest absolute Gasteiger partial charge is 0.257 e. The Hall–Kier alpha value is -2.87. The maximum Gasteiger partial charge on any atom is 0.257 e. The van der Waals surface area contributed by atoms with E-state index in [2.05, 4.69) is 36.1 Å². The Kier molecular flexibility index (Phi) is 6.14. The van der Waals surface area contributed by atoms with E-state index in [0.717, 1.165) is 11.8 Å². The molecule has 2 aromatic rings. The molecule has 0 fully saturated rings. The number of nitrogens with one attached hydrogen (secondary N) is 3. The van der Waals surface area contributed by atoms with Gasteiger partial charge in [0.05, 0.1) is 17.5 Å². The molecule has 3 N–H and O–H groups in total. The summed E-state index contributed by atoms with van der Waals surface area (Å²) in [6, 6.07) is 11.8. The van der Waals surface area contributed by atoms with E-state index >= 15 is 0 Å². The number of benzene rings is 2. The summed E-state index contributed by atoms with van der Waals surface area (Å²) < 4.78 is 25.6. The van der Waals surface area contributed by atoms with Gasteiger partial charge in [0.2, 0.25) is 15.9 Å². The summed E-state index contributed by atoms with van der Waals surface area (Å²) in [7, 11) is -3.58. The van der Waals surface area contributed by atoms with E-state index < -0.39 is 15.9 Å². The van der Waals surface area contributed by atoms with Crippen molar-refractivity contribution in [3.05, 3.63) is 53.6 Å². The molecule has 0 unspecified atom stereocenters. The van der Waals surface area contributed by atoms with Gasteiger partial charge in [-0.2, -0.15) is 0 Å². The molecule has 8 heteroatoms. The highest BCUT2D eigenvalue weighted by Crippen LogP contribution is 2.25. The van der Waals surface area contributed by atoms with E-state index in [-0.39, 0.29) is 22.6 Å². The molecule has 150 valence electrons. The summed E-state index contributed by atoms with van der Waals surface area (Å²) in [5.74, 6) is -0.796. The first kappa shape index (κ1) is 21.4. The molecule has 0 heterocycles.